The molecule has 0 fully saturated rings. The second-order valence-corrected chi connectivity index (χ2v) is 14.2. The second-order valence-electron chi connectivity index (χ2n) is 12.1. The quantitative estimate of drug-likeness (QED) is 0.139. The number of nitriles is 1. The molecule has 1 amide bonds. The molecule has 1 N–H and O–H groups in total. The summed E-state index contributed by atoms with van der Waals surface area (Å²) in [5.41, 5.74) is 5.58. The molecule has 222 valence electrons. The summed E-state index contributed by atoms with van der Waals surface area (Å²) in [7, 11) is 0. The molecular weight excluding hydrogens is 585 g/mol. The molecule has 1 aliphatic rings. The molecule has 9 heteroatoms. The van der Waals surface area contributed by atoms with Crippen molar-refractivity contribution in [1.29, 1.82) is 5.26 Å². The third-order valence-corrected chi connectivity index (χ3v) is 10.4. The number of carbonyl (C=O) groups excluding carboxylic acids is 1. The van der Waals surface area contributed by atoms with Crippen LogP contribution in [0.1, 0.15) is 43.2 Å². The van der Waals surface area contributed by atoms with Gasteiger partial charge in [0.25, 0.3) is 0 Å². The molecule has 1 aliphatic carbocycles. The van der Waals surface area contributed by atoms with Gasteiger partial charge in [-0.1, -0.05) is 87.1 Å². The summed E-state index contributed by atoms with van der Waals surface area (Å²) in [6.45, 7) is 11.3. The summed E-state index contributed by atoms with van der Waals surface area (Å²) < 4.78 is 1.98. The van der Waals surface area contributed by atoms with Crippen molar-refractivity contribution in [2.24, 2.45) is 11.3 Å². The van der Waals surface area contributed by atoms with Crippen molar-refractivity contribution in [3.05, 3.63) is 89.3 Å². The van der Waals surface area contributed by atoms with E-state index in [1.54, 1.807) is 17.4 Å². The molecule has 1 atom stereocenters. The number of carbonyl (C=O) groups is 1. The van der Waals surface area contributed by atoms with Gasteiger partial charge in [-0.2, -0.15) is 5.26 Å². The number of benzene rings is 2. The first-order valence-corrected chi connectivity index (χ1v) is 16.5. The smallest absolute Gasteiger partial charge is 0.235 e. The van der Waals surface area contributed by atoms with Gasteiger partial charge in [0.2, 0.25) is 5.91 Å². The number of allylic oxidation sites excluding steroid dienone is 1. The fraction of sp³-hybridized carbons (Fsp3) is 0.286. The van der Waals surface area contributed by atoms with Crippen LogP contribution in [0.4, 0.5) is 5.00 Å². The fourth-order valence-electron chi connectivity index (χ4n) is 5.83. The van der Waals surface area contributed by atoms with E-state index in [0.29, 0.717) is 34.0 Å². The minimum Gasteiger partial charge on any atom is -0.316 e. The first-order chi connectivity index (χ1) is 21.3. The van der Waals surface area contributed by atoms with E-state index in [4.69, 9.17) is 4.98 Å². The molecule has 3 heterocycles. The van der Waals surface area contributed by atoms with Gasteiger partial charge in [-0.15, -0.1) is 28.1 Å². The van der Waals surface area contributed by atoms with E-state index >= 15 is 0 Å². The molecular formula is C35H34N6OS2. The van der Waals surface area contributed by atoms with Crippen molar-refractivity contribution in [3.8, 4) is 28.7 Å². The number of aromatic nitrogens is 4. The summed E-state index contributed by atoms with van der Waals surface area (Å²) in [6, 6.07) is 22.5. The average molecular weight is 619 g/mol. The van der Waals surface area contributed by atoms with Crippen molar-refractivity contribution in [1.82, 2.24) is 19.7 Å². The largest absolute Gasteiger partial charge is 0.316 e. The molecule has 0 spiro atoms. The van der Waals surface area contributed by atoms with Crippen molar-refractivity contribution in [2.45, 2.75) is 51.7 Å². The number of anilines is 1. The SMILES string of the molecule is C=CCn1c(SCC(=O)Nc2sc3c(c2C#N)CCC(C(C)(C)C)C3)nnc1-c1cc(-c2ccccc2)nc2ccccc12. The van der Waals surface area contributed by atoms with Crippen LogP contribution in [0.5, 0.6) is 0 Å². The van der Waals surface area contributed by atoms with Gasteiger partial charge in [-0.3, -0.25) is 9.36 Å². The molecule has 0 aliphatic heterocycles. The molecule has 5 aromatic rings. The van der Waals surface area contributed by atoms with E-state index in [-0.39, 0.29) is 17.1 Å². The number of thioether (sulfide) groups is 1. The molecule has 1 unspecified atom stereocenters. The molecule has 44 heavy (non-hydrogen) atoms. The van der Waals surface area contributed by atoms with Gasteiger partial charge < -0.3 is 5.32 Å². The van der Waals surface area contributed by atoms with Crippen molar-refractivity contribution < 1.29 is 4.79 Å². The highest BCUT2D eigenvalue weighted by Gasteiger charge is 2.32. The zero-order valence-electron chi connectivity index (χ0n) is 25.1. The lowest BCUT2D eigenvalue weighted by Gasteiger charge is -2.33. The Balaban J connectivity index is 1.25. The zero-order chi connectivity index (χ0) is 30.8. The summed E-state index contributed by atoms with van der Waals surface area (Å²) in [5.74, 6) is 1.22. The molecule has 2 aromatic carbocycles. The monoisotopic (exact) mass is 618 g/mol. The molecule has 0 radical (unpaired) electrons. The van der Waals surface area contributed by atoms with Crippen LogP contribution in [0.2, 0.25) is 0 Å². The second kappa shape index (κ2) is 12.4. The molecule has 0 saturated carbocycles. The Morgan fingerprint density at radius 3 is 2.70 bits per heavy atom. The lowest BCUT2D eigenvalue weighted by atomic mass is 9.72. The van der Waals surface area contributed by atoms with Crippen LogP contribution in [0.3, 0.4) is 0 Å². The predicted octanol–water partition coefficient (Wildman–Crippen LogP) is 8.16. The first kappa shape index (κ1) is 29.8. The maximum absolute atomic E-state index is 13.2. The number of pyridine rings is 1. The summed E-state index contributed by atoms with van der Waals surface area (Å²) in [6.07, 6.45) is 4.70. The maximum atomic E-state index is 13.2. The Kier molecular flexibility index (Phi) is 8.39. The van der Waals surface area contributed by atoms with Gasteiger partial charge in [-0.05, 0) is 48.3 Å². The average Bonchev–Trinajstić information content (AvgIpc) is 3.59. The van der Waals surface area contributed by atoms with Gasteiger partial charge in [0, 0.05) is 27.9 Å². The number of hydrogen-bond acceptors (Lipinski definition) is 7. The van der Waals surface area contributed by atoms with E-state index in [1.165, 1.54) is 16.6 Å². The zero-order valence-corrected chi connectivity index (χ0v) is 26.8. The third-order valence-electron chi connectivity index (χ3n) is 8.24. The van der Waals surface area contributed by atoms with Crippen LogP contribution in [-0.4, -0.2) is 31.4 Å². The Bertz CT molecular complexity index is 1890. The normalized spacial score (nSPS) is 14.6. The van der Waals surface area contributed by atoms with Gasteiger partial charge >= 0.3 is 0 Å². The van der Waals surface area contributed by atoms with E-state index in [1.807, 2.05) is 59.2 Å². The standard InChI is InChI=1S/C35H34N6OS2/c1-5-17-41-32(26-19-29(22-11-7-6-8-12-22)37-28-14-10-9-13-24(26)28)39-40-34(41)43-21-31(42)38-33-27(20-36)25-16-15-23(35(2,3)4)18-30(25)44-33/h5-14,19,23H,1,15-18,21H2,2-4H3,(H,38,42). The van der Waals surface area contributed by atoms with E-state index in [0.717, 1.165) is 52.5 Å². The number of amides is 1. The molecule has 0 bridgehead atoms. The van der Waals surface area contributed by atoms with Crippen LogP contribution in [0.15, 0.2) is 78.5 Å². The Morgan fingerprint density at radius 2 is 1.95 bits per heavy atom. The maximum Gasteiger partial charge on any atom is 0.235 e. The van der Waals surface area contributed by atoms with Crippen molar-refractivity contribution in [2.75, 3.05) is 11.1 Å². The molecule has 3 aromatic heterocycles. The summed E-state index contributed by atoms with van der Waals surface area (Å²) in [4.78, 5) is 19.3. The lowest BCUT2D eigenvalue weighted by molar-refractivity contribution is -0.113. The third kappa shape index (κ3) is 5.92. The Labute approximate surface area is 266 Å². The highest BCUT2D eigenvalue weighted by molar-refractivity contribution is 7.99. The van der Waals surface area contributed by atoms with Gasteiger partial charge in [-0.25, -0.2) is 4.98 Å². The number of hydrogen-bond donors (Lipinski definition) is 1. The Morgan fingerprint density at radius 1 is 1.18 bits per heavy atom. The van der Waals surface area contributed by atoms with Gasteiger partial charge in [0.15, 0.2) is 11.0 Å². The highest BCUT2D eigenvalue weighted by Crippen LogP contribution is 2.44. The summed E-state index contributed by atoms with van der Waals surface area (Å²) >= 11 is 2.88. The molecule has 6 rings (SSSR count). The topological polar surface area (TPSA) is 96.5 Å². The number of nitrogens with one attached hydrogen (secondary N) is 1. The summed E-state index contributed by atoms with van der Waals surface area (Å²) in [5, 5.41) is 24.3. The lowest BCUT2D eigenvalue weighted by Crippen LogP contribution is -2.26. The van der Waals surface area contributed by atoms with E-state index in [2.05, 4.69) is 55.0 Å². The predicted molar refractivity (Wildman–Crippen MR) is 180 cm³/mol. The van der Waals surface area contributed by atoms with Crippen molar-refractivity contribution in [3.63, 3.8) is 0 Å². The highest BCUT2D eigenvalue weighted by atomic mass is 32.2. The van der Waals surface area contributed by atoms with Crippen LogP contribution in [-0.2, 0) is 24.2 Å². The number of rotatable bonds is 8. The number of nitrogens with zero attached hydrogens (tertiary/aromatic N) is 5. The molecule has 7 nitrogen and oxygen atoms in total. The number of fused-ring (bicyclic) bond motifs is 2. The van der Waals surface area contributed by atoms with Crippen LogP contribution in [0, 0.1) is 22.7 Å². The number of para-hydroxylation sites is 1. The van der Waals surface area contributed by atoms with Crippen LogP contribution < -0.4 is 5.32 Å². The van der Waals surface area contributed by atoms with Crippen LogP contribution >= 0.6 is 23.1 Å². The van der Waals surface area contributed by atoms with E-state index < -0.39 is 0 Å². The fourth-order valence-corrected chi connectivity index (χ4v) is 7.87. The molecule has 0 saturated heterocycles. The van der Waals surface area contributed by atoms with E-state index in [9.17, 15) is 10.1 Å². The van der Waals surface area contributed by atoms with Gasteiger partial charge in [0.1, 0.15) is 11.1 Å². The van der Waals surface area contributed by atoms with Gasteiger partial charge in [0.05, 0.1) is 22.5 Å². The minimum absolute atomic E-state index is 0.139. The van der Waals surface area contributed by atoms with Crippen molar-refractivity contribution >= 4 is 44.9 Å². The Hall–Kier alpha value is -4.26. The first-order valence-electron chi connectivity index (χ1n) is 14.7. The number of thiophene rings is 1. The van der Waals surface area contributed by atoms with Crippen LogP contribution in [0.25, 0.3) is 33.5 Å². The minimum atomic E-state index is -0.173.